The normalized spacial score (nSPS) is 10.9. The van der Waals surface area contributed by atoms with Gasteiger partial charge in [0, 0.05) is 22.8 Å². The summed E-state index contributed by atoms with van der Waals surface area (Å²) in [6.07, 6.45) is 3.19. The van der Waals surface area contributed by atoms with Crippen LogP contribution in [0.15, 0.2) is 67.0 Å². The van der Waals surface area contributed by atoms with Crippen LogP contribution in [-0.2, 0) is 13.2 Å². The molecule has 0 aliphatic rings. The summed E-state index contributed by atoms with van der Waals surface area (Å²) >= 11 is 5.88. The molecule has 4 aromatic rings. The maximum atomic E-state index is 13.7. The molecular formula is C24H16ClF4N3O2. The fourth-order valence-electron chi connectivity index (χ4n) is 3.08. The quantitative estimate of drug-likeness (QED) is 0.257. The molecule has 0 atom stereocenters. The van der Waals surface area contributed by atoms with Gasteiger partial charge in [0.25, 0.3) is 5.91 Å². The third-order valence-electron chi connectivity index (χ3n) is 4.82. The lowest BCUT2D eigenvalue weighted by atomic mass is 10.1. The van der Waals surface area contributed by atoms with Crippen molar-refractivity contribution in [1.82, 2.24) is 9.78 Å². The molecule has 0 bridgehead atoms. The molecule has 1 heterocycles. The fraction of sp³-hybridized carbons (Fsp3) is 0.0833. The predicted molar refractivity (Wildman–Crippen MR) is 118 cm³/mol. The Balaban J connectivity index is 1.36. The Bertz CT molecular complexity index is 1300. The molecule has 0 saturated heterocycles. The van der Waals surface area contributed by atoms with Gasteiger partial charge in [-0.25, -0.2) is 8.78 Å². The average Bonchev–Trinajstić information content (AvgIpc) is 3.26. The van der Waals surface area contributed by atoms with Crippen molar-refractivity contribution in [2.75, 3.05) is 5.32 Å². The van der Waals surface area contributed by atoms with Gasteiger partial charge < -0.3 is 10.1 Å². The van der Waals surface area contributed by atoms with Gasteiger partial charge in [-0.1, -0.05) is 35.9 Å². The smallest absolute Gasteiger partial charge is 0.255 e. The van der Waals surface area contributed by atoms with Gasteiger partial charge in [-0.3, -0.25) is 9.48 Å². The number of ether oxygens (including phenoxy) is 1. The van der Waals surface area contributed by atoms with E-state index >= 15 is 0 Å². The Hall–Kier alpha value is -3.85. The second-order valence-corrected chi connectivity index (χ2v) is 7.73. The molecule has 1 aromatic heterocycles. The summed E-state index contributed by atoms with van der Waals surface area (Å²) in [5, 5.41) is 7.57. The maximum absolute atomic E-state index is 13.7. The van der Waals surface area contributed by atoms with Gasteiger partial charge in [0.15, 0.2) is 17.4 Å². The number of nitrogens with zero attached hydrogens (tertiary/aromatic N) is 2. The van der Waals surface area contributed by atoms with E-state index in [4.69, 9.17) is 16.3 Å². The molecule has 4 rings (SSSR count). The van der Waals surface area contributed by atoms with Gasteiger partial charge in [0.1, 0.15) is 6.61 Å². The van der Waals surface area contributed by atoms with E-state index in [0.717, 1.165) is 5.56 Å². The van der Waals surface area contributed by atoms with Crippen LogP contribution in [-0.4, -0.2) is 15.7 Å². The van der Waals surface area contributed by atoms with Crippen LogP contribution in [0.4, 0.5) is 23.2 Å². The van der Waals surface area contributed by atoms with Crippen molar-refractivity contribution < 1.29 is 27.1 Å². The van der Waals surface area contributed by atoms with Crippen LogP contribution in [0.1, 0.15) is 21.5 Å². The Labute approximate surface area is 196 Å². The molecule has 3 aromatic carbocycles. The first-order chi connectivity index (χ1) is 16.3. The van der Waals surface area contributed by atoms with Gasteiger partial charge in [-0.05, 0) is 35.4 Å². The van der Waals surface area contributed by atoms with Gasteiger partial charge in [-0.2, -0.15) is 13.9 Å². The number of rotatable bonds is 7. The number of carbonyl (C=O) groups excluding carboxylic acids is 1. The predicted octanol–water partition coefficient (Wildman–Crippen LogP) is 5.97. The van der Waals surface area contributed by atoms with Crippen molar-refractivity contribution in [3.63, 3.8) is 0 Å². The third-order valence-corrected chi connectivity index (χ3v) is 5.07. The Morgan fingerprint density at radius 1 is 0.941 bits per heavy atom. The van der Waals surface area contributed by atoms with E-state index in [1.54, 1.807) is 23.0 Å². The highest BCUT2D eigenvalue weighted by Gasteiger charge is 2.20. The van der Waals surface area contributed by atoms with Gasteiger partial charge in [-0.15, -0.1) is 0 Å². The molecule has 10 heteroatoms. The minimum Gasteiger partial charge on any atom is -0.483 e. The molecule has 1 amide bonds. The van der Waals surface area contributed by atoms with Crippen LogP contribution in [0, 0.1) is 23.3 Å². The molecule has 174 valence electrons. The zero-order chi connectivity index (χ0) is 24.2. The van der Waals surface area contributed by atoms with Crippen LogP contribution in [0.3, 0.4) is 0 Å². The number of benzene rings is 3. The number of anilines is 1. The Morgan fingerprint density at radius 2 is 1.56 bits per heavy atom. The summed E-state index contributed by atoms with van der Waals surface area (Å²) in [6, 6.07) is 13.3. The van der Waals surface area contributed by atoms with Gasteiger partial charge in [0.05, 0.1) is 18.4 Å². The molecule has 5 nitrogen and oxygen atoms in total. The molecule has 0 radical (unpaired) electrons. The molecule has 0 saturated carbocycles. The van der Waals surface area contributed by atoms with Crippen LogP contribution in [0.2, 0.25) is 5.02 Å². The number of hydrogen-bond donors (Lipinski definition) is 1. The summed E-state index contributed by atoms with van der Waals surface area (Å²) in [6.45, 7) is 0.133. The van der Waals surface area contributed by atoms with E-state index in [9.17, 15) is 22.4 Å². The minimum atomic E-state index is -1.62. The van der Waals surface area contributed by atoms with Crippen LogP contribution in [0.5, 0.6) is 5.75 Å². The molecule has 0 aliphatic heterocycles. The first kappa shape index (κ1) is 23.3. The highest BCUT2D eigenvalue weighted by atomic mass is 35.5. The van der Waals surface area contributed by atoms with E-state index in [1.165, 1.54) is 30.5 Å². The fourth-order valence-corrected chi connectivity index (χ4v) is 3.21. The van der Waals surface area contributed by atoms with Crippen molar-refractivity contribution in [3.8, 4) is 5.75 Å². The lowest BCUT2D eigenvalue weighted by Crippen LogP contribution is -2.11. The van der Waals surface area contributed by atoms with Crippen molar-refractivity contribution in [3.05, 3.63) is 112 Å². The number of aromatic nitrogens is 2. The number of nitrogens with one attached hydrogen (secondary N) is 1. The summed E-state index contributed by atoms with van der Waals surface area (Å²) < 4.78 is 60.5. The largest absolute Gasteiger partial charge is 0.483 e. The second-order valence-electron chi connectivity index (χ2n) is 7.29. The van der Waals surface area contributed by atoms with Gasteiger partial charge >= 0.3 is 0 Å². The first-order valence-corrected chi connectivity index (χ1v) is 10.3. The maximum Gasteiger partial charge on any atom is 0.255 e. The lowest BCUT2D eigenvalue weighted by Gasteiger charge is -2.10. The molecular weight excluding hydrogens is 474 g/mol. The lowest BCUT2D eigenvalue weighted by molar-refractivity contribution is 0.102. The van der Waals surface area contributed by atoms with Gasteiger partial charge in [0.2, 0.25) is 11.6 Å². The zero-order valence-electron chi connectivity index (χ0n) is 17.4. The van der Waals surface area contributed by atoms with Crippen molar-refractivity contribution >= 4 is 23.2 Å². The third kappa shape index (κ3) is 5.37. The average molecular weight is 490 g/mol. The Kier molecular flexibility index (Phi) is 6.83. The number of carbonyl (C=O) groups is 1. The summed E-state index contributed by atoms with van der Waals surface area (Å²) in [5.74, 6) is -7.90. The molecule has 0 unspecified atom stereocenters. The zero-order valence-corrected chi connectivity index (χ0v) is 18.1. The van der Waals surface area contributed by atoms with Crippen molar-refractivity contribution in [1.29, 1.82) is 0 Å². The topological polar surface area (TPSA) is 56.2 Å². The van der Waals surface area contributed by atoms with E-state index in [-0.39, 0.29) is 12.7 Å². The highest BCUT2D eigenvalue weighted by Crippen LogP contribution is 2.27. The molecule has 34 heavy (non-hydrogen) atoms. The second kappa shape index (κ2) is 9.96. The Morgan fingerprint density at radius 3 is 2.21 bits per heavy atom. The summed E-state index contributed by atoms with van der Waals surface area (Å²) in [5.41, 5.74) is 2.22. The summed E-state index contributed by atoms with van der Waals surface area (Å²) in [4.78, 5) is 12.5. The molecule has 0 aliphatic carbocycles. The number of hydrogen-bond acceptors (Lipinski definition) is 3. The van der Waals surface area contributed by atoms with Crippen molar-refractivity contribution in [2.45, 2.75) is 13.2 Å². The number of halogens is 5. The van der Waals surface area contributed by atoms with Crippen LogP contribution >= 0.6 is 11.6 Å². The van der Waals surface area contributed by atoms with Crippen molar-refractivity contribution in [2.24, 2.45) is 0 Å². The highest BCUT2D eigenvalue weighted by molar-refractivity contribution is 6.30. The SMILES string of the molecule is O=C(Nc1cnn(Cc2ccc(Cl)cc2)c1)c1ccc(COc2c(F)c(F)cc(F)c2F)cc1. The van der Waals surface area contributed by atoms with E-state index in [2.05, 4.69) is 10.4 Å². The molecule has 0 fully saturated rings. The van der Waals surface area contributed by atoms with Crippen LogP contribution < -0.4 is 10.1 Å². The molecule has 1 N–H and O–H groups in total. The molecule has 0 spiro atoms. The van der Waals surface area contributed by atoms with E-state index in [0.29, 0.717) is 28.4 Å². The van der Waals surface area contributed by atoms with E-state index < -0.39 is 34.9 Å². The summed E-state index contributed by atoms with van der Waals surface area (Å²) in [7, 11) is 0. The van der Waals surface area contributed by atoms with E-state index in [1.807, 2.05) is 12.1 Å². The standard InChI is InChI=1S/C24H16ClF4N3O2/c25-17-7-3-14(4-8-17)11-32-12-18(10-30-32)31-24(33)16-5-1-15(2-6-16)13-34-23-21(28)19(26)9-20(27)22(23)29/h1-10,12H,11,13H2,(H,31,33). The minimum absolute atomic E-state index is 0.104. The number of amides is 1. The first-order valence-electron chi connectivity index (χ1n) is 9.93. The van der Waals surface area contributed by atoms with Crippen LogP contribution in [0.25, 0.3) is 0 Å². The monoisotopic (exact) mass is 489 g/mol.